The summed E-state index contributed by atoms with van der Waals surface area (Å²) in [5.74, 6) is -1.96. The number of amides is 1. The number of anilines is 2. The number of carbonyl (C=O) groups excluding carboxylic acids is 1. The average molecular weight is 335 g/mol. The summed E-state index contributed by atoms with van der Waals surface area (Å²) >= 11 is 0. The van der Waals surface area contributed by atoms with Crippen molar-refractivity contribution in [2.45, 2.75) is 6.42 Å². The van der Waals surface area contributed by atoms with Gasteiger partial charge in [0.2, 0.25) is 5.95 Å². The number of nitrogens with zero attached hydrogens (tertiary/aromatic N) is 3. The molecule has 2 rings (SSSR count). The number of aromatic nitrogens is 2. The maximum Gasteiger partial charge on any atom is 0.270 e. The summed E-state index contributed by atoms with van der Waals surface area (Å²) in [5.41, 5.74) is -0.241. The van der Waals surface area contributed by atoms with E-state index in [1.165, 1.54) is 18.3 Å². The van der Waals surface area contributed by atoms with Crippen molar-refractivity contribution in [3.63, 3.8) is 0 Å². The Balaban J connectivity index is 2.02. The third kappa shape index (κ3) is 4.95. The first-order chi connectivity index (χ1) is 11.5. The van der Waals surface area contributed by atoms with E-state index >= 15 is 0 Å². The van der Waals surface area contributed by atoms with Gasteiger partial charge in [-0.3, -0.25) is 4.79 Å². The Morgan fingerprint density at radius 2 is 1.92 bits per heavy atom. The van der Waals surface area contributed by atoms with Crippen molar-refractivity contribution in [1.82, 2.24) is 20.2 Å². The molecule has 0 atom stereocenters. The van der Waals surface area contributed by atoms with E-state index in [1.807, 2.05) is 19.0 Å². The molecule has 0 aliphatic carbocycles. The highest BCUT2D eigenvalue weighted by atomic mass is 19.1. The van der Waals surface area contributed by atoms with Crippen molar-refractivity contribution in [1.29, 1.82) is 0 Å². The largest absolute Gasteiger partial charge is 0.351 e. The van der Waals surface area contributed by atoms with Crippen LogP contribution in [-0.4, -0.2) is 48.0 Å². The Hall–Kier alpha value is -2.61. The van der Waals surface area contributed by atoms with Crippen molar-refractivity contribution in [3.05, 3.63) is 47.8 Å². The van der Waals surface area contributed by atoms with Crippen LogP contribution in [0.25, 0.3) is 0 Å². The Morgan fingerprint density at radius 3 is 2.58 bits per heavy atom. The highest BCUT2D eigenvalue weighted by molar-refractivity contribution is 5.92. The monoisotopic (exact) mass is 335 g/mol. The third-order valence-corrected chi connectivity index (χ3v) is 3.16. The van der Waals surface area contributed by atoms with Gasteiger partial charge in [0, 0.05) is 12.7 Å². The predicted octanol–water partition coefficient (Wildman–Crippen LogP) is 2.18. The second-order valence-electron chi connectivity index (χ2n) is 5.40. The second-order valence-corrected chi connectivity index (χ2v) is 5.40. The summed E-state index contributed by atoms with van der Waals surface area (Å²) in [5, 5.41) is 5.20. The molecule has 24 heavy (non-hydrogen) atoms. The van der Waals surface area contributed by atoms with Crippen LogP contribution < -0.4 is 10.6 Å². The van der Waals surface area contributed by atoms with Gasteiger partial charge in [0.05, 0.1) is 0 Å². The van der Waals surface area contributed by atoms with E-state index in [-0.39, 0.29) is 23.2 Å². The van der Waals surface area contributed by atoms with E-state index in [4.69, 9.17) is 0 Å². The van der Waals surface area contributed by atoms with Crippen molar-refractivity contribution in [3.8, 4) is 0 Å². The molecule has 1 aromatic carbocycles. The first-order valence-electron chi connectivity index (χ1n) is 7.44. The molecule has 2 N–H and O–H groups in total. The highest BCUT2D eigenvalue weighted by Gasteiger charge is 2.12. The molecule has 0 aliphatic heterocycles. The van der Waals surface area contributed by atoms with Crippen LogP contribution in [0.3, 0.4) is 0 Å². The summed E-state index contributed by atoms with van der Waals surface area (Å²) in [6, 6.07) is 4.93. The van der Waals surface area contributed by atoms with Gasteiger partial charge in [-0.1, -0.05) is 6.07 Å². The lowest BCUT2D eigenvalue weighted by molar-refractivity contribution is 0.0947. The molecule has 128 valence electrons. The SMILES string of the molecule is CN(C)CCCNC(=O)c1ccnc(Nc2c(F)cccc2F)n1. The van der Waals surface area contributed by atoms with Gasteiger partial charge in [-0.25, -0.2) is 18.7 Å². The number of carbonyl (C=O) groups is 1. The van der Waals surface area contributed by atoms with Crippen molar-refractivity contribution in [2.75, 3.05) is 32.5 Å². The zero-order valence-corrected chi connectivity index (χ0v) is 13.5. The van der Waals surface area contributed by atoms with Crippen LogP contribution in [0.15, 0.2) is 30.5 Å². The first kappa shape index (κ1) is 17.7. The maximum atomic E-state index is 13.6. The predicted molar refractivity (Wildman–Crippen MR) is 87.2 cm³/mol. The lowest BCUT2D eigenvalue weighted by atomic mass is 10.3. The fraction of sp³-hybridized carbons (Fsp3) is 0.312. The molecule has 6 nitrogen and oxygen atoms in total. The zero-order chi connectivity index (χ0) is 17.5. The van der Waals surface area contributed by atoms with Crippen LogP contribution in [0, 0.1) is 11.6 Å². The lowest BCUT2D eigenvalue weighted by Gasteiger charge is -2.10. The van der Waals surface area contributed by atoms with Gasteiger partial charge in [0.25, 0.3) is 5.91 Å². The van der Waals surface area contributed by atoms with Crippen LogP contribution in [-0.2, 0) is 0 Å². The average Bonchev–Trinajstić information content (AvgIpc) is 2.55. The molecule has 8 heteroatoms. The molecule has 0 spiro atoms. The molecule has 0 unspecified atom stereocenters. The van der Waals surface area contributed by atoms with Gasteiger partial charge in [-0.15, -0.1) is 0 Å². The summed E-state index contributed by atoms with van der Waals surface area (Å²) < 4.78 is 27.2. The fourth-order valence-corrected chi connectivity index (χ4v) is 1.96. The van der Waals surface area contributed by atoms with E-state index in [1.54, 1.807) is 0 Å². The van der Waals surface area contributed by atoms with Gasteiger partial charge >= 0.3 is 0 Å². The Kier molecular flexibility index (Phi) is 6.14. The molecule has 0 radical (unpaired) electrons. The summed E-state index contributed by atoms with van der Waals surface area (Å²) in [6.45, 7) is 1.36. The number of hydrogen-bond acceptors (Lipinski definition) is 5. The minimum Gasteiger partial charge on any atom is -0.351 e. The molecule has 1 heterocycles. The van der Waals surface area contributed by atoms with Gasteiger partial charge in [0.1, 0.15) is 23.0 Å². The summed E-state index contributed by atoms with van der Waals surface area (Å²) in [7, 11) is 3.90. The van der Waals surface area contributed by atoms with E-state index in [0.717, 1.165) is 25.1 Å². The van der Waals surface area contributed by atoms with Crippen LogP contribution in [0.2, 0.25) is 0 Å². The molecular formula is C16H19F2N5O. The fourth-order valence-electron chi connectivity index (χ4n) is 1.96. The van der Waals surface area contributed by atoms with Gasteiger partial charge in [-0.2, -0.15) is 0 Å². The Labute approximate surface area is 138 Å². The van der Waals surface area contributed by atoms with Crippen LogP contribution in [0.1, 0.15) is 16.9 Å². The van der Waals surface area contributed by atoms with E-state index in [0.29, 0.717) is 6.54 Å². The molecule has 1 aromatic heterocycles. The first-order valence-corrected chi connectivity index (χ1v) is 7.44. The molecule has 0 aliphatic rings. The Bertz CT molecular complexity index is 688. The quantitative estimate of drug-likeness (QED) is 0.759. The molecule has 0 bridgehead atoms. The topological polar surface area (TPSA) is 70.2 Å². The maximum absolute atomic E-state index is 13.6. The van der Waals surface area contributed by atoms with Crippen molar-refractivity contribution >= 4 is 17.5 Å². The standard InChI is InChI=1S/C16H19F2N5O/c1-23(2)10-4-8-19-15(24)13-7-9-20-16(21-13)22-14-11(17)5-3-6-12(14)18/h3,5-7,9H,4,8,10H2,1-2H3,(H,19,24)(H,20,21,22). The zero-order valence-electron chi connectivity index (χ0n) is 13.5. The van der Waals surface area contributed by atoms with Crippen LogP contribution in [0.5, 0.6) is 0 Å². The molecule has 0 saturated carbocycles. The van der Waals surface area contributed by atoms with Crippen LogP contribution >= 0.6 is 0 Å². The van der Waals surface area contributed by atoms with E-state index in [2.05, 4.69) is 20.6 Å². The minimum absolute atomic E-state index is 0.0556. The van der Waals surface area contributed by atoms with Crippen molar-refractivity contribution < 1.29 is 13.6 Å². The minimum atomic E-state index is -0.767. The van der Waals surface area contributed by atoms with Gasteiger partial charge in [-0.05, 0) is 45.3 Å². The number of rotatable bonds is 7. The summed E-state index contributed by atoms with van der Waals surface area (Å²) in [6.07, 6.45) is 2.15. The normalized spacial score (nSPS) is 10.7. The van der Waals surface area contributed by atoms with Gasteiger partial charge < -0.3 is 15.5 Å². The second kappa shape index (κ2) is 8.30. The number of benzene rings is 1. The molecule has 1 amide bonds. The third-order valence-electron chi connectivity index (χ3n) is 3.16. The molecule has 0 fully saturated rings. The van der Waals surface area contributed by atoms with Crippen LogP contribution in [0.4, 0.5) is 20.4 Å². The lowest BCUT2D eigenvalue weighted by Crippen LogP contribution is -2.28. The molecular weight excluding hydrogens is 316 g/mol. The number of hydrogen-bond donors (Lipinski definition) is 2. The number of para-hydroxylation sites is 1. The number of nitrogens with one attached hydrogen (secondary N) is 2. The van der Waals surface area contributed by atoms with E-state index in [9.17, 15) is 13.6 Å². The van der Waals surface area contributed by atoms with E-state index < -0.39 is 11.6 Å². The summed E-state index contributed by atoms with van der Waals surface area (Å²) in [4.78, 5) is 21.9. The molecule has 0 saturated heterocycles. The highest BCUT2D eigenvalue weighted by Crippen LogP contribution is 2.20. The van der Waals surface area contributed by atoms with Crippen molar-refractivity contribution in [2.24, 2.45) is 0 Å². The van der Waals surface area contributed by atoms with Gasteiger partial charge in [0.15, 0.2) is 0 Å². The smallest absolute Gasteiger partial charge is 0.270 e. The number of halogens is 2. The molecule has 2 aromatic rings. The Morgan fingerprint density at radius 1 is 1.21 bits per heavy atom.